The first-order chi connectivity index (χ1) is 8.74. The van der Waals surface area contributed by atoms with Crippen LogP contribution in [0.3, 0.4) is 0 Å². The van der Waals surface area contributed by atoms with Crippen molar-refractivity contribution in [3.05, 3.63) is 18.2 Å². The zero-order valence-electron chi connectivity index (χ0n) is 10.0. The van der Waals surface area contributed by atoms with Gasteiger partial charge in [0.25, 0.3) is 0 Å². The molecule has 0 aliphatic carbocycles. The Hall–Kier alpha value is -1.50. The summed E-state index contributed by atoms with van der Waals surface area (Å²) in [6.07, 6.45) is -0.959. The molecule has 3 rings (SSSR count). The van der Waals surface area contributed by atoms with Gasteiger partial charge < -0.3 is 25.2 Å². The largest absolute Gasteiger partial charge is 0.483 e. The van der Waals surface area contributed by atoms with Crippen molar-refractivity contribution in [2.24, 2.45) is 5.73 Å². The average molecular weight is 251 g/mol. The van der Waals surface area contributed by atoms with E-state index in [9.17, 15) is 5.11 Å². The lowest BCUT2D eigenvalue weighted by molar-refractivity contribution is -0.0666. The van der Waals surface area contributed by atoms with E-state index in [1.54, 1.807) is 0 Å². The number of ether oxygens (including phenoxy) is 2. The third-order valence-electron chi connectivity index (χ3n) is 3.14. The summed E-state index contributed by atoms with van der Waals surface area (Å²) < 4.78 is 10.9. The summed E-state index contributed by atoms with van der Waals surface area (Å²) in [5.41, 5.74) is 6.81. The molecule has 2 aliphatic heterocycles. The summed E-state index contributed by atoms with van der Waals surface area (Å²) in [6, 6.07) is 5.72. The van der Waals surface area contributed by atoms with Gasteiger partial charge in [0, 0.05) is 19.6 Å². The number of para-hydroxylation sites is 1. The average Bonchev–Trinajstić information content (AvgIpc) is 2.38. The number of nitrogens with one attached hydrogen (secondary N) is 1. The summed E-state index contributed by atoms with van der Waals surface area (Å²) in [7, 11) is 0. The third-order valence-corrected chi connectivity index (χ3v) is 3.14. The molecule has 2 heterocycles. The molecule has 0 spiro atoms. The third kappa shape index (κ3) is 2.10. The molecular weight excluding hydrogens is 234 g/mol. The van der Waals surface area contributed by atoms with E-state index in [4.69, 9.17) is 15.2 Å². The zero-order valence-corrected chi connectivity index (χ0v) is 10.0. The van der Waals surface area contributed by atoms with Crippen LogP contribution in [0.5, 0.6) is 11.5 Å². The summed E-state index contributed by atoms with van der Waals surface area (Å²) in [5.74, 6) is 1.27. The molecule has 4 N–H and O–H groups in total. The molecule has 0 radical (unpaired) electrons. The van der Waals surface area contributed by atoms with Crippen LogP contribution in [0.15, 0.2) is 18.2 Å². The van der Waals surface area contributed by atoms with E-state index in [0.29, 0.717) is 18.0 Å². The van der Waals surface area contributed by atoms with Gasteiger partial charge in [0.2, 0.25) is 6.29 Å². The van der Waals surface area contributed by atoms with Crippen LogP contribution in [0.1, 0.15) is 0 Å². The van der Waals surface area contributed by atoms with Gasteiger partial charge in [-0.15, -0.1) is 0 Å². The molecule has 6 nitrogen and oxygen atoms in total. The van der Waals surface area contributed by atoms with Crippen LogP contribution in [0.2, 0.25) is 0 Å². The molecule has 6 heteroatoms. The normalized spacial score (nSPS) is 27.1. The second-order valence-electron chi connectivity index (χ2n) is 4.49. The lowest BCUT2D eigenvalue weighted by Crippen LogP contribution is -2.55. The van der Waals surface area contributed by atoms with E-state index in [0.717, 1.165) is 18.8 Å². The zero-order chi connectivity index (χ0) is 12.5. The van der Waals surface area contributed by atoms with Gasteiger partial charge in [0.15, 0.2) is 18.1 Å². The Kier molecular flexibility index (Phi) is 2.99. The van der Waals surface area contributed by atoms with Crippen LogP contribution < -0.4 is 25.4 Å². The number of piperazine rings is 1. The predicted molar refractivity (Wildman–Crippen MR) is 66.8 cm³/mol. The van der Waals surface area contributed by atoms with Gasteiger partial charge >= 0.3 is 0 Å². The Morgan fingerprint density at radius 2 is 2.33 bits per heavy atom. The highest BCUT2D eigenvalue weighted by Crippen LogP contribution is 2.40. The molecular formula is C12H17N3O3. The standard InChI is InChI=1S/C12H17N3O3/c13-10-6-15(5-4-14-10)8-2-1-3-9-12(8)18-11(16)7-17-9/h1-3,10-11,14,16H,4-7,13H2. The fraction of sp³-hybridized carbons (Fsp3) is 0.500. The van der Waals surface area contributed by atoms with Crippen LogP contribution in [-0.2, 0) is 0 Å². The monoisotopic (exact) mass is 251 g/mol. The van der Waals surface area contributed by atoms with E-state index in [1.165, 1.54) is 0 Å². The van der Waals surface area contributed by atoms with Gasteiger partial charge in [-0.05, 0) is 12.1 Å². The van der Waals surface area contributed by atoms with Crippen molar-refractivity contribution in [1.29, 1.82) is 0 Å². The molecule has 1 aromatic rings. The summed E-state index contributed by atoms with van der Waals surface area (Å²) in [5, 5.41) is 12.7. The van der Waals surface area contributed by atoms with Gasteiger partial charge in [0.1, 0.15) is 0 Å². The topological polar surface area (TPSA) is 80.0 Å². The van der Waals surface area contributed by atoms with Gasteiger partial charge in [-0.2, -0.15) is 0 Å². The first kappa shape index (κ1) is 11.6. The number of fused-ring (bicyclic) bond motifs is 1. The minimum atomic E-state index is -0.907. The molecule has 0 bridgehead atoms. The lowest BCUT2D eigenvalue weighted by Gasteiger charge is -2.35. The summed E-state index contributed by atoms with van der Waals surface area (Å²) in [4.78, 5) is 2.14. The number of aliphatic hydroxyl groups is 1. The highest BCUT2D eigenvalue weighted by Gasteiger charge is 2.26. The van der Waals surface area contributed by atoms with Crippen molar-refractivity contribution in [2.75, 3.05) is 31.1 Å². The van der Waals surface area contributed by atoms with Crippen molar-refractivity contribution < 1.29 is 14.6 Å². The smallest absolute Gasteiger partial charge is 0.232 e. The van der Waals surface area contributed by atoms with Gasteiger partial charge in [-0.1, -0.05) is 6.07 Å². The lowest BCUT2D eigenvalue weighted by atomic mass is 10.2. The number of hydrogen-bond donors (Lipinski definition) is 3. The molecule has 18 heavy (non-hydrogen) atoms. The molecule has 2 aliphatic rings. The molecule has 0 aromatic heterocycles. The fourth-order valence-electron chi connectivity index (χ4n) is 2.31. The Bertz CT molecular complexity index is 441. The summed E-state index contributed by atoms with van der Waals surface area (Å²) in [6.45, 7) is 2.55. The maximum atomic E-state index is 9.53. The van der Waals surface area contributed by atoms with Crippen molar-refractivity contribution in [3.8, 4) is 11.5 Å². The van der Waals surface area contributed by atoms with Crippen LogP contribution >= 0.6 is 0 Å². The van der Waals surface area contributed by atoms with E-state index in [-0.39, 0.29) is 12.8 Å². The maximum Gasteiger partial charge on any atom is 0.232 e. The molecule has 0 amide bonds. The van der Waals surface area contributed by atoms with E-state index in [2.05, 4.69) is 10.2 Å². The number of nitrogens with two attached hydrogens (primary N) is 1. The van der Waals surface area contributed by atoms with Gasteiger partial charge in [-0.3, -0.25) is 5.32 Å². The first-order valence-electron chi connectivity index (χ1n) is 6.08. The number of hydrogen-bond acceptors (Lipinski definition) is 6. The number of aliphatic hydroxyl groups excluding tert-OH is 1. The minimum absolute atomic E-state index is 0.0518. The van der Waals surface area contributed by atoms with Crippen LogP contribution in [0.4, 0.5) is 5.69 Å². The minimum Gasteiger partial charge on any atom is -0.483 e. The number of anilines is 1. The summed E-state index contributed by atoms with van der Waals surface area (Å²) >= 11 is 0. The van der Waals surface area contributed by atoms with Crippen LogP contribution in [0.25, 0.3) is 0 Å². The maximum absolute atomic E-state index is 9.53. The SMILES string of the molecule is NC1CN(c2cccc3c2OC(O)CO3)CCN1. The van der Waals surface area contributed by atoms with Crippen molar-refractivity contribution in [2.45, 2.75) is 12.5 Å². The van der Waals surface area contributed by atoms with Crippen LogP contribution in [-0.4, -0.2) is 43.8 Å². The quantitative estimate of drug-likeness (QED) is 0.623. The molecule has 0 saturated carbocycles. The highest BCUT2D eigenvalue weighted by molar-refractivity contribution is 5.65. The molecule has 1 fully saturated rings. The molecule has 98 valence electrons. The molecule has 2 unspecified atom stereocenters. The van der Waals surface area contributed by atoms with Crippen molar-refractivity contribution in [1.82, 2.24) is 5.32 Å². The predicted octanol–water partition coefficient (Wildman–Crippen LogP) is -0.529. The number of nitrogens with zero attached hydrogens (tertiary/aromatic N) is 1. The second-order valence-corrected chi connectivity index (χ2v) is 4.49. The van der Waals surface area contributed by atoms with Crippen molar-refractivity contribution in [3.63, 3.8) is 0 Å². The molecule has 2 atom stereocenters. The molecule has 1 aromatic carbocycles. The number of benzene rings is 1. The van der Waals surface area contributed by atoms with Gasteiger partial charge in [-0.25, -0.2) is 0 Å². The van der Waals surface area contributed by atoms with E-state index >= 15 is 0 Å². The number of rotatable bonds is 1. The van der Waals surface area contributed by atoms with E-state index in [1.807, 2.05) is 18.2 Å². The second kappa shape index (κ2) is 4.64. The first-order valence-corrected chi connectivity index (χ1v) is 6.08. The Balaban J connectivity index is 1.92. The Morgan fingerprint density at radius 1 is 1.44 bits per heavy atom. The Labute approximate surface area is 105 Å². The molecule has 1 saturated heterocycles. The van der Waals surface area contributed by atoms with Crippen molar-refractivity contribution >= 4 is 5.69 Å². The van der Waals surface area contributed by atoms with E-state index < -0.39 is 6.29 Å². The van der Waals surface area contributed by atoms with Crippen LogP contribution in [0, 0.1) is 0 Å². The fourth-order valence-corrected chi connectivity index (χ4v) is 2.31. The van der Waals surface area contributed by atoms with Gasteiger partial charge in [0.05, 0.1) is 11.9 Å². The highest BCUT2D eigenvalue weighted by atomic mass is 16.7. The Morgan fingerprint density at radius 3 is 3.17 bits per heavy atom.